The lowest BCUT2D eigenvalue weighted by Crippen LogP contribution is -2.39. The number of aliphatic imine (C=N–C) groups is 1. The van der Waals surface area contributed by atoms with E-state index < -0.39 is 0 Å². The minimum absolute atomic E-state index is 0.813. The minimum atomic E-state index is 0.813. The number of rotatable bonds is 6. The van der Waals surface area contributed by atoms with Gasteiger partial charge in [0.05, 0.1) is 17.9 Å². The molecule has 0 bridgehead atoms. The summed E-state index contributed by atoms with van der Waals surface area (Å²) in [5, 5.41) is 8.06. The van der Waals surface area contributed by atoms with Gasteiger partial charge in [-0.1, -0.05) is 0 Å². The Kier molecular flexibility index (Phi) is 6.47. The molecule has 1 aliphatic heterocycles. The SMILES string of the molecule is CN=C(NCCc1csc(N2CCCC2)n1)N(C)Cc1nc2c(s1)CCCC2. The van der Waals surface area contributed by atoms with Gasteiger partial charge in [0.2, 0.25) is 0 Å². The van der Waals surface area contributed by atoms with Crippen LogP contribution in [-0.2, 0) is 25.8 Å². The van der Waals surface area contributed by atoms with Crippen molar-refractivity contribution in [1.29, 1.82) is 0 Å². The van der Waals surface area contributed by atoms with Crippen LogP contribution in [0.2, 0.25) is 0 Å². The second kappa shape index (κ2) is 9.22. The predicted octanol–water partition coefficient (Wildman–Crippen LogP) is 3.33. The first-order chi connectivity index (χ1) is 13.7. The third kappa shape index (κ3) is 4.66. The molecule has 28 heavy (non-hydrogen) atoms. The molecule has 2 aromatic heterocycles. The molecule has 0 aromatic carbocycles. The summed E-state index contributed by atoms with van der Waals surface area (Å²) in [5.74, 6) is 0.920. The molecule has 1 saturated heterocycles. The van der Waals surface area contributed by atoms with E-state index in [1.807, 2.05) is 18.4 Å². The lowest BCUT2D eigenvalue weighted by Gasteiger charge is -2.20. The van der Waals surface area contributed by atoms with Crippen molar-refractivity contribution in [1.82, 2.24) is 20.2 Å². The number of nitrogens with zero attached hydrogens (tertiary/aromatic N) is 5. The standard InChI is InChI=1S/C20H30N6S2/c1-21-19(25(2)13-18-24-16-7-3-4-8-17(16)28-18)22-10-9-15-14-27-20(23-15)26-11-5-6-12-26/h14H,3-13H2,1-2H3,(H,21,22). The van der Waals surface area contributed by atoms with Crippen LogP contribution in [0.5, 0.6) is 0 Å². The topological polar surface area (TPSA) is 56.7 Å². The van der Waals surface area contributed by atoms with Gasteiger partial charge < -0.3 is 15.1 Å². The highest BCUT2D eigenvalue weighted by molar-refractivity contribution is 7.13. The van der Waals surface area contributed by atoms with E-state index in [4.69, 9.17) is 9.97 Å². The molecule has 0 saturated carbocycles. The molecular weight excluding hydrogens is 388 g/mol. The monoisotopic (exact) mass is 418 g/mol. The Labute approximate surface area is 175 Å². The van der Waals surface area contributed by atoms with Crippen molar-refractivity contribution in [2.75, 3.05) is 38.6 Å². The number of fused-ring (bicyclic) bond motifs is 1. The molecule has 0 unspecified atom stereocenters. The first kappa shape index (κ1) is 19.6. The van der Waals surface area contributed by atoms with Gasteiger partial charge in [-0.2, -0.15) is 0 Å². The number of hydrogen-bond donors (Lipinski definition) is 1. The highest BCUT2D eigenvalue weighted by Crippen LogP contribution is 2.27. The van der Waals surface area contributed by atoms with Gasteiger partial charge in [0, 0.05) is 50.4 Å². The van der Waals surface area contributed by atoms with Gasteiger partial charge in [-0.15, -0.1) is 22.7 Å². The lowest BCUT2D eigenvalue weighted by atomic mass is 10.0. The largest absolute Gasteiger partial charge is 0.356 e. The molecule has 2 aliphatic rings. The highest BCUT2D eigenvalue weighted by atomic mass is 32.1. The highest BCUT2D eigenvalue weighted by Gasteiger charge is 2.17. The summed E-state index contributed by atoms with van der Waals surface area (Å²) in [5.41, 5.74) is 2.50. The van der Waals surface area contributed by atoms with Crippen LogP contribution < -0.4 is 10.2 Å². The zero-order valence-electron chi connectivity index (χ0n) is 16.9. The van der Waals surface area contributed by atoms with Crippen molar-refractivity contribution >= 4 is 33.8 Å². The summed E-state index contributed by atoms with van der Waals surface area (Å²) < 4.78 is 0. The van der Waals surface area contributed by atoms with Crippen molar-refractivity contribution in [3.8, 4) is 0 Å². The lowest BCUT2D eigenvalue weighted by molar-refractivity contribution is 0.475. The summed E-state index contributed by atoms with van der Waals surface area (Å²) >= 11 is 3.65. The molecule has 0 atom stereocenters. The maximum atomic E-state index is 4.86. The maximum absolute atomic E-state index is 4.86. The number of thiazole rings is 2. The van der Waals surface area contributed by atoms with Crippen LogP contribution in [0.4, 0.5) is 5.13 Å². The van der Waals surface area contributed by atoms with Crippen LogP contribution in [0, 0.1) is 0 Å². The van der Waals surface area contributed by atoms with Gasteiger partial charge in [0.1, 0.15) is 5.01 Å². The summed E-state index contributed by atoms with van der Waals surface area (Å²) in [6.45, 7) is 3.97. The number of anilines is 1. The quantitative estimate of drug-likeness (QED) is 0.576. The van der Waals surface area contributed by atoms with Gasteiger partial charge >= 0.3 is 0 Å². The predicted molar refractivity (Wildman–Crippen MR) is 119 cm³/mol. The summed E-state index contributed by atoms with van der Waals surface area (Å²) in [4.78, 5) is 20.2. The van der Waals surface area contributed by atoms with Crippen LogP contribution in [0.25, 0.3) is 0 Å². The minimum Gasteiger partial charge on any atom is -0.356 e. The summed E-state index contributed by atoms with van der Waals surface area (Å²) in [7, 11) is 3.93. The van der Waals surface area contributed by atoms with Crippen LogP contribution in [-0.4, -0.2) is 54.6 Å². The fourth-order valence-corrected chi connectivity index (χ4v) is 6.03. The van der Waals surface area contributed by atoms with Crippen molar-refractivity contribution in [3.05, 3.63) is 26.7 Å². The summed E-state index contributed by atoms with van der Waals surface area (Å²) in [6, 6.07) is 0. The molecule has 0 radical (unpaired) electrons. The molecule has 152 valence electrons. The van der Waals surface area contributed by atoms with Crippen LogP contribution in [0.15, 0.2) is 10.4 Å². The maximum Gasteiger partial charge on any atom is 0.193 e. The number of aryl methyl sites for hydroxylation is 2. The van der Waals surface area contributed by atoms with E-state index in [0.717, 1.165) is 45.0 Å². The Bertz CT molecular complexity index is 782. The zero-order valence-corrected chi connectivity index (χ0v) is 18.5. The van der Waals surface area contributed by atoms with E-state index in [1.54, 1.807) is 11.3 Å². The second-order valence-electron chi connectivity index (χ2n) is 7.58. The van der Waals surface area contributed by atoms with E-state index in [-0.39, 0.29) is 0 Å². The van der Waals surface area contributed by atoms with Gasteiger partial charge in [0.15, 0.2) is 11.1 Å². The zero-order chi connectivity index (χ0) is 19.3. The third-order valence-electron chi connectivity index (χ3n) is 5.42. The molecule has 2 aromatic rings. The second-order valence-corrected chi connectivity index (χ2v) is 9.58. The fraction of sp³-hybridized carbons (Fsp3) is 0.650. The Morgan fingerprint density at radius 2 is 2.04 bits per heavy atom. The van der Waals surface area contributed by atoms with Crippen LogP contribution in [0.3, 0.4) is 0 Å². The Morgan fingerprint density at radius 3 is 2.82 bits per heavy atom. The van der Waals surface area contributed by atoms with Crippen LogP contribution in [0.1, 0.15) is 47.0 Å². The molecule has 8 heteroatoms. The third-order valence-corrected chi connectivity index (χ3v) is 7.51. The van der Waals surface area contributed by atoms with Crippen molar-refractivity contribution in [2.24, 2.45) is 4.99 Å². The molecule has 3 heterocycles. The number of aromatic nitrogens is 2. The Morgan fingerprint density at radius 1 is 1.21 bits per heavy atom. The van der Waals surface area contributed by atoms with E-state index in [1.165, 1.54) is 58.5 Å². The Balaban J connectivity index is 1.26. The normalized spacial score (nSPS) is 17.1. The molecule has 1 fully saturated rings. The van der Waals surface area contributed by atoms with Crippen molar-refractivity contribution < 1.29 is 0 Å². The molecule has 6 nitrogen and oxygen atoms in total. The first-order valence-electron chi connectivity index (χ1n) is 10.3. The fourth-order valence-electron chi connectivity index (χ4n) is 3.90. The average Bonchev–Trinajstić information content (AvgIpc) is 3.44. The van der Waals surface area contributed by atoms with E-state index >= 15 is 0 Å². The van der Waals surface area contributed by atoms with Gasteiger partial charge in [0.25, 0.3) is 0 Å². The van der Waals surface area contributed by atoms with Gasteiger partial charge in [-0.3, -0.25) is 4.99 Å². The molecule has 0 spiro atoms. The average molecular weight is 419 g/mol. The molecular formula is C20H30N6S2. The van der Waals surface area contributed by atoms with Crippen molar-refractivity contribution in [2.45, 2.75) is 51.5 Å². The molecule has 4 rings (SSSR count). The van der Waals surface area contributed by atoms with E-state index in [0.29, 0.717) is 0 Å². The van der Waals surface area contributed by atoms with Gasteiger partial charge in [-0.25, -0.2) is 9.97 Å². The van der Waals surface area contributed by atoms with Crippen LogP contribution >= 0.6 is 22.7 Å². The van der Waals surface area contributed by atoms with Crippen molar-refractivity contribution in [3.63, 3.8) is 0 Å². The number of nitrogens with one attached hydrogen (secondary N) is 1. The first-order valence-corrected chi connectivity index (χ1v) is 12.0. The number of hydrogen-bond acceptors (Lipinski definition) is 6. The van der Waals surface area contributed by atoms with Gasteiger partial charge in [-0.05, 0) is 38.5 Å². The number of guanidine groups is 1. The Hall–Kier alpha value is -1.67. The molecule has 0 amide bonds. The van der Waals surface area contributed by atoms with E-state index in [2.05, 4.69) is 32.5 Å². The van der Waals surface area contributed by atoms with E-state index in [9.17, 15) is 0 Å². The summed E-state index contributed by atoms with van der Waals surface area (Å²) in [6.07, 6.45) is 8.45. The molecule has 1 N–H and O–H groups in total. The smallest absolute Gasteiger partial charge is 0.193 e. The molecule has 1 aliphatic carbocycles.